The minimum absolute atomic E-state index is 0.496. The van der Waals surface area contributed by atoms with Gasteiger partial charge in [0, 0.05) is 17.1 Å². The molecule has 0 aliphatic carbocycles. The number of hydrogen-bond donors (Lipinski definition) is 1. The van der Waals surface area contributed by atoms with E-state index in [1.54, 1.807) is 18.4 Å². The van der Waals surface area contributed by atoms with E-state index >= 15 is 0 Å². The lowest BCUT2D eigenvalue weighted by molar-refractivity contribution is 0.415. The maximum absolute atomic E-state index is 5.99. The molecule has 2 aromatic heterocycles. The topological polar surface area (TPSA) is 66.0 Å². The molecule has 0 bridgehead atoms. The molecule has 1 aromatic carbocycles. The molecule has 19 heavy (non-hydrogen) atoms. The number of nitrogen functional groups attached to an aromatic ring is 1. The molecule has 98 valence electrons. The maximum Gasteiger partial charge on any atom is 0.201 e. The smallest absolute Gasteiger partial charge is 0.201 e. The fourth-order valence-electron chi connectivity index (χ4n) is 2.03. The second-order valence-electron chi connectivity index (χ2n) is 4.29. The minimum Gasteiger partial charge on any atom is -0.497 e. The average molecular weight is 274 g/mol. The number of thiazole rings is 1. The summed E-state index contributed by atoms with van der Waals surface area (Å²) in [7, 11) is 1.64. The summed E-state index contributed by atoms with van der Waals surface area (Å²) in [6.45, 7) is 2.63. The quantitative estimate of drug-likeness (QED) is 0.796. The van der Waals surface area contributed by atoms with Gasteiger partial charge in [-0.15, -0.1) is 11.3 Å². The van der Waals surface area contributed by atoms with Crippen LogP contribution in [0.2, 0.25) is 0 Å². The molecule has 0 amide bonds. The summed E-state index contributed by atoms with van der Waals surface area (Å²) in [6, 6.07) is 5.76. The average Bonchev–Trinajstić information content (AvgIpc) is 2.94. The SMILES string of the molecule is COc1ccc2c(c1)nc(N)n2Cc1nc(C)cs1. The first-order valence-electron chi connectivity index (χ1n) is 5.88. The first-order chi connectivity index (χ1) is 9.17. The molecule has 0 saturated carbocycles. The summed E-state index contributed by atoms with van der Waals surface area (Å²) in [5.74, 6) is 1.28. The molecule has 0 aliphatic heterocycles. The van der Waals surface area contributed by atoms with Crippen LogP contribution < -0.4 is 10.5 Å². The summed E-state index contributed by atoms with van der Waals surface area (Å²) in [5, 5.41) is 3.06. The molecule has 0 fully saturated rings. The third kappa shape index (κ3) is 2.15. The van der Waals surface area contributed by atoms with Gasteiger partial charge in [-0.2, -0.15) is 0 Å². The predicted molar refractivity (Wildman–Crippen MR) is 76.7 cm³/mol. The van der Waals surface area contributed by atoms with Gasteiger partial charge >= 0.3 is 0 Å². The molecule has 2 heterocycles. The zero-order valence-electron chi connectivity index (χ0n) is 10.8. The second-order valence-corrected chi connectivity index (χ2v) is 5.24. The highest BCUT2D eigenvalue weighted by Gasteiger charge is 2.10. The van der Waals surface area contributed by atoms with E-state index in [0.717, 1.165) is 27.5 Å². The molecule has 0 saturated heterocycles. The summed E-state index contributed by atoms with van der Waals surface area (Å²) >= 11 is 1.63. The van der Waals surface area contributed by atoms with Gasteiger partial charge in [-0.3, -0.25) is 0 Å². The molecule has 6 heteroatoms. The Bertz CT molecular complexity index is 731. The number of ether oxygens (including phenoxy) is 1. The Labute approximate surface area is 114 Å². The Balaban J connectivity index is 2.05. The number of aryl methyl sites for hydroxylation is 1. The normalized spacial score (nSPS) is 11.1. The van der Waals surface area contributed by atoms with Crippen LogP contribution in [0, 0.1) is 6.92 Å². The fraction of sp³-hybridized carbons (Fsp3) is 0.231. The molecule has 2 N–H and O–H groups in total. The van der Waals surface area contributed by atoms with E-state index in [9.17, 15) is 0 Å². The van der Waals surface area contributed by atoms with E-state index in [1.807, 2.05) is 35.1 Å². The van der Waals surface area contributed by atoms with Crippen LogP contribution in [-0.4, -0.2) is 21.6 Å². The van der Waals surface area contributed by atoms with Gasteiger partial charge in [0.05, 0.1) is 24.7 Å². The lowest BCUT2D eigenvalue weighted by Gasteiger charge is -2.04. The van der Waals surface area contributed by atoms with Gasteiger partial charge in [-0.05, 0) is 19.1 Å². The minimum atomic E-state index is 0.496. The largest absolute Gasteiger partial charge is 0.497 e. The van der Waals surface area contributed by atoms with Crippen molar-refractivity contribution in [1.82, 2.24) is 14.5 Å². The zero-order valence-corrected chi connectivity index (χ0v) is 11.6. The van der Waals surface area contributed by atoms with Crippen molar-refractivity contribution in [3.8, 4) is 5.75 Å². The highest BCUT2D eigenvalue weighted by atomic mass is 32.1. The molecule has 0 radical (unpaired) electrons. The predicted octanol–water partition coefficient (Wildman–Crippen LogP) is 2.44. The number of imidazole rings is 1. The van der Waals surface area contributed by atoms with Gasteiger partial charge in [0.2, 0.25) is 5.95 Å². The van der Waals surface area contributed by atoms with Gasteiger partial charge in [0.25, 0.3) is 0 Å². The highest BCUT2D eigenvalue weighted by Crippen LogP contribution is 2.24. The Morgan fingerprint density at radius 1 is 1.37 bits per heavy atom. The van der Waals surface area contributed by atoms with E-state index in [2.05, 4.69) is 9.97 Å². The Hall–Kier alpha value is -2.08. The van der Waals surface area contributed by atoms with Crippen molar-refractivity contribution in [2.45, 2.75) is 13.5 Å². The molecular formula is C13H14N4OS. The van der Waals surface area contributed by atoms with Gasteiger partial charge in [-0.25, -0.2) is 9.97 Å². The molecule has 0 unspecified atom stereocenters. The number of nitrogens with two attached hydrogens (primary N) is 1. The van der Waals surface area contributed by atoms with Gasteiger partial charge in [0.15, 0.2) is 0 Å². The number of fused-ring (bicyclic) bond motifs is 1. The van der Waals surface area contributed by atoms with Crippen molar-refractivity contribution in [1.29, 1.82) is 0 Å². The molecule has 3 rings (SSSR count). The molecular weight excluding hydrogens is 260 g/mol. The van der Waals surface area contributed by atoms with Crippen molar-refractivity contribution < 1.29 is 4.74 Å². The van der Waals surface area contributed by atoms with E-state index in [0.29, 0.717) is 12.5 Å². The van der Waals surface area contributed by atoms with Crippen molar-refractivity contribution in [3.05, 3.63) is 34.3 Å². The number of methoxy groups -OCH3 is 1. The summed E-state index contributed by atoms with van der Waals surface area (Å²) in [4.78, 5) is 8.82. The molecule has 0 atom stereocenters. The molecule has 0 spiro atoms. The summed E-state index contributed by atoms with van der Waals surface area (Å²) < 4.78 is 7.16. The first-order valence-corrected chi connectivity index (χ1v) is 6.76. The Morgan fingerprint density at radius 2 is 2.21 bits per heavy atom. The van der Waals surface area contributed by atoms with Crippen LogP contribution in [0.5, 0.6) is 5.75 Å². The van der Waals surface area contributed by atoms with E-state index in [4.69, 9.17) is 10.5 Å². The van der Waals surface area contributed by atoms with E-state index in [-0.39, 0.29) is 0 Å². The molecule has 3 aromatic rings. The number of benzene rings is 1. The summed E-state index contributed by atoms with van der Waals surface area (Å²) in [5.41, 5.74) is 8.85. The van der Waals surface area contributed by atoms with Crippen LogP contribution in [0.1, 0.15) is 10.7 Å². The van der Waals surface area contributed by atoms with Gasteiger partial charge in [-0.1, -0.05) is 0 Å². The Morgan fingerprint density at radius 3 is 2.89 bits per heavy atom. The highest BCUT2D eigenvalue weighted by molar-refractivity contribution is 7.09. The fourth-order valence-corrected chi connectivity index (χ4v) is 2.79. The number of anilines is 1. The number of hydrogen-bond acceptors (Lipinski definition) is 5. The zero-order chi connectivity index (χ0) is 13.4. The van der Waals surface area contributed by atoms with Crippen molar-refractivity contribution in [2.24, 2.45) is 0 Å². The second kappa shape index (κ2) is 4.55. The van der Waals surface area contributed by atoms with Crippen molar-refractivity contribution >= 4 is 28.3 Å². The number of nitrogens with zero attached hydrogens (tertiary/aromatic N) is 3. The summed E-state index contributed by atoms with van der Waals surface area (Å²) in [6.07, 6.45) is 0. The lowest BCUT2D eigenvalue weighted by atomic mass is 10.3. The lowest BCUT2D eigenvalue weighted by Crippen LogP contribution is -2.04. The van der Waals surface area contributed by atoms with Crippen molar-refractivity contribution in [3.63, 3.8) is 0 Å². The van der Waals surface area contributed by atoms with Crippen LogP contribution in [0.4, 0.5) is 5.95 Å². The van der Waals surface area contributed by atoms with E-state index in [1.165, 1.54) is 0 Å². The van der Waals surface area contributed by atoms with Crippen LogP contribution >= 0.6 is 11.3 Å². The van der Waals surface area contributed by atoms with Crippen molar-refractivity contribution in [2.75, 3.05) is 12.8 Å². The Kier molecular flexibility index (Phi) is 2.87. The van der Waals surface area contributed by atoms with Crippen LogP contribution in [0.15, 0.2) is 23.6 Å². The molecule has 0 aliphatic rings. The van der Waals surface area contributed by atoms with Gasteiger partial charge in [0.1, 0.15) is 10.8 Å². The molecule has 5 nitrogen and oxygen atoms in total. The standard InChI is InChI=1S/C13H14N4OS/c1-8-7-19-12(15-8)6-17-11-4-3-9(18-2)5-10(11)16-13(17)14/h3-5,7H,6H2,1-2H3,(H2,14,16). The van der Waals surface area contributed by atoms with E-state index < -0.39 is 0 Å². The van der Waals surface area contributed by atoms with Crippen LogP contribution in [-0.2, 0) is 6.54 Å². The third-order valence-electron chi connectivity index (χ3n) is 2.94. The van der Waals surface area contributed by atoms with Gasteiger partial charge < -0.3 is 15.0 Å². The maximum atomic E-state index is 5.99. The first kappa shape index (κ1) is 12.0. The third-order valence-corrected chi connectivity index (χ3v) is 3.90. The van der Waals surface area contributed by atoms with Crippen LogP contribution in [0.3, 0.4) is 0 Å². The number of rotatable bonds is 3. The monoisotopic (exact) mass is 274 g/mol. The number of aromatic nitrogens is 3. The van der Waals surface area contributed by atoms with Crippen LogP contribution in [0.25, 0.3) is 11.0 Å².